The molecule has 7 heteroatoms. The molecule has 2 N–H and O–H groups in total. The molecule has 31 heavy (non-hydrogen) atoms. The van der Waals surface area contributed by atoms with Crippen molar-refractivity contribution in [3.63, 3.8) is 0 Å². The maximum atomic E-state index is 14.1. The fourth-order valence-electron chi connectivity index (χ4n) is 4.42. The summed E-state index contributed by atoms with van der Waals surface area (Å²) in [5.74, 6) is -1.60. The van der Waals surface area contributed by atoms with Gasteiger partial charge >= 0.3 is 6.03 Å². The number of carbonyl (C=O) groups excluding carboxylic acids is 2. The Morgan fingerprint density at radius 1 is 1.13 bits per heavy atom. The quantitative estimate of drug-likeness (QED) is 0.633. The van der Waals surface area contributed by atoms with Crippen molar-refractivity contribution in [3.05, 3.63) is 94.0 Å². The van der Waals surface area contributed by atoms with Crippen molar-refractivity contribution in [3.8, 4) is 0 Å². The first-order valence-electron chi connectivity index (χ1n) is 10.00. The number of hydrogen-bond donors (Lipinski definition) is 2. The lowest BCUT2D eigenvalue weighted by Crippen LogP contribution is -2.34. The number of hydrogen-bond acceptors (Lipinski definition) is 2. The number of nitrogens with one attached hydrogen (secondary N) is 2. The van der Waals surface area contributed by atoms with Gasteiger partial charge in [0.2, 0.25) is 0 Å². The Hall–Kier alpha value is -3.74. The number of anilines is 2. The van der Waals surface area contributed by atoms with Crippen LogP contribution < -0.4 is 15.5 Å². The molecule has 0 saturated heterocycles. The van der Waals surface area contributed by atoms with Crippen LogP contribution in [-0.2, 0) is 6.42 Å². The summed E-state index contributed by atoms with van der Waals surface area (Å²) in [6.07, 6.45) is 0.313. The third-order valence-corrected chi connectivity index (χ3v) is 5.91. The molecule has 2 heterocycles. The van der Waals surface area contributed by atoms with E-state index in [-0.39, 0.29) is 18.1 Å². The van der Waals surface area contributed by atoms with Crippen molar-refractivity contribution in [1.82, 2.24) is 5.32 Å². The second kappa shape index (κ2) is 7.19. The van der Waals surface area contributed by atoms with E-state index in [9.17, 15) is 18.4 Å². The second-order valence-corrected chi connectivity index (χ2v) is 7.75. The first-order valence-corrected chi connectivity index (χ1v) is 10.00. The van der Waals surface area contributed by atoms with Gasteiger partial charge in [-0.3, -0.25) is 9.69 Å². The molecule has 3 aromatic carbocycles. The Balaban J connectivity index is 1.51. The van der Waals surface area contributed by atoms with Crippen LogP contribution >= 0.6 is 0 Å². The molecule has 5 nitrogen and oxygen atoms in total. The minimum atomic E-state index is -0.731. The lowest BCUT2D eigenvalue weighted by Gasteiger charge is -2.21. The van der Waals surface area contributed by atoms with E-state index in [2.05, 4.69) is 10.6 Å². The topological polar surface area (TPSA) is 61.4 Å². The molecule has 0 fully saturated rings. The number of nitrogens with zero attached hydrogens (tertiary/aromatic N) is 1. The van der Waals surface area contributed by atoms with Crippen LogP contribution in [0.4, 0.5) is 25.0 Å². The van der Waals surface area contributed by atoms with E-state index >= 15 is 0 Å². The van der Waals surface area contributed by atoms with Crippen molar-refractivity contribution in [2.24, 2.45) is 0 Å². The van der Waals surface area contributed by atoms with Crippen LogP contribution in [0.3, 0.4) is 0 Å². The summed E-state index contributed by atoms with van der Waals surface area (Å²) in [4.78, 5) is 27.0. The van der Waals surface area contributed by atoms with E-state index in [0.717, 1.165) is 17.2 Å². The number of halogens is 2. The summed E-state index contributed by atoms with van der Waals surface area (Å²) in [6, 6.07) is 14.0. The molecule has 1 unspecified atom stereocenters. The predicted octanol–water partition coefficient (Wildman–Crippen LogP) is 4.70. The maximum Gasteiger partial charge on any atom is 0.326 e. The molecule has 3 amide bonds. The highest BCUT2D eigenvalue weighted by Gasteiger charge is 2.34. The van der Waals surface area contributed by atoms with E-state index in [1.165, 1.54) is 11.0 Å². The Labute approximate surface area is 177 Å². The first kappa shape index (κ1) is 19.2. The zero-order chi connectivity index (χ0) is 21.7. The van der Waals surface area contributed by atoms with Crippen molar-refractivity contribution in [2.45, 2.75) is 19.4 Å². The van der Waals surface area contributed by atoms with Gasteiger partial charge < -0.3 is 10.6 Å². The predicted molar refractivity (Wildman–Crippen MR) is 113 cm³/mol. The van der Waals surface area contributed by atoms with Crippen LogP contribution in [0.5, 0.6) is 0 Å². The molecule has 0 radical (unpaired) electrons. The van der Waals surface area contributed by atoms with Crippen LogP contribution in [0, 0.1) is 18.6 Å². The third kappa shape index (κ3) is 3.13. The van der Waals surface area contributed by atoms with Gasteiger partial charge in [0.25, 0.3) is 5.91 Å². The molecule has 0 spiro atoms. The fraction of sp³-hybridized carbons (Fsp3) is 0.167. The Morgan fingerprint density at radius 3 is 2.74 bits per heavy atom. The number of carbonyl (C=O) groups is 2. The minimum absolute atomic E-state index is 0.213. The van der Waals surface area contributed by atoms with Crippen molar-refractivity contribution in [2.75, 3.05) is 16.8 Å². The molecule has 5 rings (SSSR count). The monoisotopic (exact) mass is 419 g/mol. The van der Waals surface area contributed by atoms with E-state index in [1.54, 1.807) is 18.2 Å². The zero-order valence-corrected chi connectivity index (χ0v) is 16.7. The third-order valence-electron chi connectivity index (χ3n) is 5.91. The zero-order valence-electron chi connectivity index (χ0n) is 16.7. The smallest absolute Gasteiger partial charge is 0.326 e. The Bertz CT molecular complexity index is 1240. The number of rotatable bonds is 2. The van der Waals surface area contributed by atoms with E-state index in [4.69, 9.17) is 0 Å². The largest absolute Gasteiger partial charge is 0.341 e. The molecule has 0 bridgehead atoms. The second-order valence-electron chi connectivity index (χ2n) is 7.75. The minimum Gasteiger partial charge on any atom is -0.341 e. The Morgan fingerprint density at radius 2 is 1.94 bits per heavy atom. The number of benzene rings is 3. The van der Waals surface area contributed by atoms with Crippen LogP contribution in [0.2, 0.25) is 0 Å². The van der Waals surface area contributed by atoms with Gasteiger partial charge in [0.1, 0.15) is 11.6 Å². The first-order chi connectivity index (χ1) is 14.9. The number of amides is 3. The molecule has 2 aliphatic rings. The molecule has 0 saturated carbocycles. The lowest BCUT2D eigenvalue weighted by molar-refractivity contribution is 0.0960. The molecule has 2 aliphatic heterocycles. The normalized spacial score (nSPS) is 16.7. The number of fused-ring (bicyclic) bond motifs is 2. The highest BCUT2D eigenvalue weighted by atomic mass is 19.1. The number of urea groups is 1. The molecule has 156 valence electrons. The summed E-state index contributed by atoms with van der Waals surface area (Å²) in [7, 11) is 0. The average Bonchev–Trinajstić information content (AvgIpc) is 3.31. The van der Waals surface area contributed by atoms with Gasteiger partial charge in [-0.25, -0.2) is 13.6 Å². The molecule has 0 aliphatic carbocycles. The standard InChI is InChI=1S/C24H19F2N3O2/c1-13-5-2-3-6-15(13)22-21-17(23(30)28-22)7-4-8-19(21)27-24(31)29-10-9-16-18(26)11-14(25)12-20(16)29/h2-8,11-12,22H,9-10H2,1H3,(H,27,31)(H,28,30). The molecule has 1 atom stereocenters. The van der Waals surface area contributed by atoms with E-state index in [0.29, 0.717) is 28.8 Å². The summed E-state index contributed by atoms with van der Waals surface area (Å²) in [5, 5.41) is 5.84. The average molecular weight is 419 g/mol. The van der Waals surface area contributed by atoms with Gasteiger partial charge in [-0.15, -0.1) is 0 Å². The summed E-state index contributed by atoms with van der Waals surface area (Å²) < 4.78 is 27.8. The van der Waals surface area contributed by atoms with Crippen molar-refractivity contribution >= 4 is 23.3 Å². The highest BCUT2D eigenvalue weighted by molar-refractivity contribution is 6.07. The van der Waals surface area contributed by atoms with Gasteiger partial charge in [-0.05, 0) is 42.7 Å². The van der Waals surface area contributed by atoms with Gasteiger partial charge in [0, 0.05) is 35.0 Å². The van der Waals surface area contributed by atoms with Gasteiger partial charge in [-0.2, -0.15) is 0 Å². The van der Waals surface area contributed by atoms with Crippen LogP contribution in [-0.4, -0.2) is 18.5 Å². The summed E-state index contributed by atoms with van der Waals surface area (Å²) in [5.41, 5.74) is 4.16. The molecular weight excluding hydrogens is 400 g/mol. The molecule has 0 aromatic heterocycles. The lowest BCUT2D eigenvalue weighted by atomic mass is 9.94. The SMILES string of the molecule is Cc1ccccc1C1NC(=O)c2cccc(NC(=O)N3CCc4c(F)cc(F)cc43)c21. The number of aryl methyl sites for hydroxylation is 1. The van der Waals surface area contributed by atoms with Crippen molar-refractivity contribution in [1.29, 1.82) is 0 Å². The van der Waals surface area contributed by atoms with Crippen LogP contribution in [0.25, 0.3) is 0 Å². The van der Waals surface area contributed by atoms with Crippen LogP contribution in [0.1, 0.15) is 38.7 Å². The molecular formula is C24H19F2N3O2. The Kier molecular flexibility index (Phi) is 4.46. The highest BCUT2D eigenvalue weighted by Crippen LogP contribution is 2.38. The summed E-state index contributed by atoms with van der Waals surface area (Å²) >= 11 is 0. The van der Waals surface area contributed by atoms with E-state index < -0.39 is 23.7 Å². The van der Waals surface area contributed by atoms with Gasteiger partial charge in [-0.1, -0.05) is 30.3 Å². The van der Waals surface area contributed by atoms with Crippen LogP contribution in [0.15, 0.2) is 54.6 Å². The molecule has 3 aromatic rings. The summed E-state index contributed by atoms with van der Waals surface area (Å²) in [6.45, 7) is 2.21. The van der Waals surface area contributed by atoms with Crippen molar-refractivity contribution < 1.29 is 18.4 Å². The van der Waals surface area contributed by atoms with Gasteiger partial charge in [0.05, 0.1) is 11.7 Å². The van der Waals surface area contributed by atoms with E-state index in [1.807, 2.05) is 31.2 Å². The fourth-order valence-corrected chi connectivity index (χ4v) is 4.42. The maximum absolute atomic E-state index is 14.1. The van der Waals surface area contributed by atoms with Gasteiger partial charge in [0.15, 0.2) is 0 Å².